The van der Waals surface area contributed by atoms with E-state index in [1.165, 1.54) is 0 Å². The van der Waals surface area contributed by atoms with Gasteiger partial charge in [0, 0.05) is 21.1 Å². The highest BCUT2D eigenvalue weighted by atomic mass is 127. The molecule has 0 aromatic heterocycles. The number of likely N-dealkylation sites (N-methyl/N-ethyl adjacent to an activating group) is 1. The van der Waals surface area contributed by atoms with Gasteiger partial charge in [-0.05, 0) is 42.6 Å². The molecule has 1 atom stereocenters. The lowest BCUT2D eigenvalue weighted by atomic mass is 10.1. The second-order valence-electron chi connectivity index (χ2n) is 2.60. The molecular weight excluding hydrogens is 265 g/mol. The van der Waals surface area contributed by atoms with Crippen LogP contribution in [0, 0.1) is 0 Å². The number of hydrogen-bond acceptors (Lipinski definition) is 3. The summed E-state index contributed by atoms with van der Waals surface area (Å²) in [5, 5.41) is 3.08. The first-order chi connectivity index (χ1) is 5.66. The van der Waals surface area contributed by atoms with Crippen LogP contribution in [-0.2, 0) is 0 Å². The Hall–Kier alpha value is -0.360. The maximum atomic E-state index is 5.74. The molecule has 3 nitrogen and oxygen atoms in total. The van der Waals surface area contributed by atoms with E-state index in [1.807, 2.05) is 20.0 Å². The van der Waals surface area contributed by atoms with Gasteiger partial charge < -0.3 is 5.73 Å². The van der Waals surface area contributed by atoms with Crippen molar-refractivity contribution in [2.45, 2.75) is 13.1 Å². The van der Waals surface area contributed by atoms with Crippen molar-refractivity contribution < 1.29 is 0 Å². The average Bonchev–Trinajstić information content (AvgIpc) is 2.03. The maximum absolute atomic E-state index is 5.74. The van der Waals surface area contributed by atoms with Gasteiger partial charge in [0.1, 0.15) is 6.17 Å². The van der Waals surface area contributed by atoms with E-state index in [0.717, 1.165) is 14.8 Å². The lowest BCUT2D eigenvalue weighted by Gasteiger charge is -2.19. The van der Waals surface area contributed by atoms with E-state index in [1.54, 1.807) is 6.21 Å². The first kappa shape index (κ1) is 9.73. The molecule has 1 aliphatic heterocycles. The highest BCUT2D eigenvalue weighted by Crippen LogP contribution is 2.25. The van der Waals surface area contributed by atoms with Crippen molar-refractivity contribution in [3.63, 3.8) is 0 Å². The molecule has 0 bridgehead atoms. The van der Waals surface area contributed by atoms with E-state index >= 15 is 0 Å². The molecule has 0 saturated carbocycles. The first-order valence-electron chi connectivity index (χ1n) is 3.69. The molecule has 1 heterocycles. The lowest BCUT2D eigenvalue weighted by Crippen LogP contribution is -2.29. The number of allylic oxidation sites excluding steroid dienone is 2. The van der Waals surface area contributed by atoms with Gasteiger partial charge in [-0.3, -0.25) is 10.3 Å². The Kier molecular flexibility index (Phi) is 3.28. The molecule has 0 spiro atoms. The average molecular weight is 277 g/mol. The Morgan fingerprint density at radius 2 is 2.42 bits per heavy atom. The highest BCUT2D eigenvalue weighted by molar-refractivity contribution is 14.1. The Balaban J connectivity index is 3.03. The zero-order valence-corrected chi connectivity index (χ0v) is 9.29. The fourth-order valence-electron chi connectivity index (χ4n) is 1.11. The van der Waals surface area contributed by atoms with Gasteiger partial charge >= 0.3 is 0 Å². The molecular formula is C8H12IN3. The Bertz CT molecular complexity index is 261. The molecule has 0 radical (unpaired) electrons. The van der Waals surface area contributed by atoms with Gasteiger partial charge in [-0.1, -0.05) is 0 Å². The van der Waals surface area contributed by atoms with Crippen LogP contribution in [0.4, 0.5) is 0 Å². The second kappa shape index (κ2) is 4.04. The maximum Gasteiger partial charge on any atom is 0.127 e. The Labute approximate surface area is 86.0 Å². The third kappa shape index (κ3) is 1.87. The van der Waals surface area contributed by atoms with E-state index in [0.29, 0.717) is 0 Å². The third-order valence-corrected chi connectivity index (χ3v) is 2.63. The quantitative estimate of drug-likeness (QED) is 0.707. The molecule has 1 aliphatic rings. The molecule has 0 amide bonds. The lowest BCUT2D eigenvalue weighted by molar-refractivity contribution is 0.670. The number of aliphatic imine (C=N–C) groups is 1. The molecule has 1 unspecified atom stereocenters. The zero-order chi connectivity index (χ0) is 9.14. The van der Waals surface area contributed by atoms with E-state index in [-0.39, 0.29) is 6.17 Å². The summed E-state index contributed by atoms with van der Waals surface area (Å²) < 4.78 is 1.15. The predicted molar refractivity (Wildman–Crippen MR) is 60.3 cm³/mol. The van der Waals surface area contributed by atoms with Crippen molar-refractivity contribution in [2.75, 3.05) is 7.05 Å². The monoisotopic (exact) mass is 277 g/mol. The molecule has 12 heavy (non-hydrogen) atoms. The molecule has 66 valence electrons. The van der Waals surface area contributed by atoms with Gasteiger partial charge in [0.25, 0.3) is 0 Å². The van der Waals surface area contributed by atoms with Crippen LogP contribution in [-0.4, -0.2) is 19.4 Å². The smallest absolute Gasteiger partial charge is 0.127 e. The van der Waals surface area contributed by atoms with Crippen LogP contribution < -0.4 is 11.1 Å². The Morgan fingerprint density at radius 1 is 1.75 bits per heavy atom. The largest absolute Gasteiger partial charge is 0.402 e. The van der Waals surface area contributed by atoms with Gasteiger partial charge in [0.15, 0.2) is 0 Å². The summed E-state index contributed by atoms with van der Waals surface area (Å²) in [4.78, 5) is 4.25. The van der Waals surface area contributed by atoms with Crippen LogP contribution in [0.15, 0.2) is 25.9 Å². The van der Waals surface area contributed by atoms with E-state index < -0.39 is 0 Å². The number of dihydropyridines is 1. The van der Waals surface area contributed by atoms with Crippen molar-refractivity contribution in [2.24, 2.45) is 10.7 Å². The fourth-order valence-corrected chi connectivity index (χ4v) is 1.99. The van der Waals surface area contributed by atoms with Crippen molar-refractivity contribution in [1.82, 2.24) is 5.32 Å². The topological polar surface area (TPSA) is 50.4 Å². The number of rotatable bonds is 1. The third-order valence-electron chi connectivity index (χ3n) is 1.69. The number of nitrogens with one attached hydrogen (secondary N) is 1. The fraction of sp³-hybridized carbons (Fsp3) is 0.375. The molecule has 3 N–H and O–H groups in total. The molecule has 0 fully saturated rings. The van der Waals surface area contributed by atoms with Gasteiger partial charge in [0.2, 0.25) is 0 Å². The van der Waals surface area contributed by atoms with E-state index in [9.17, 15) is 0 Å². The van der Waals surface area contributed by atoms with Crippen LogP contribution in [0.25, 0.3) is 0 Å². The summed E-state index contributed by atoms with van der Waals surface area (Å²) in [6.07, 6.45) is 3.78. The zero-order valence-electron chi connectivity index (χ0n) is 7.13. The number of nitrogens with zero attached hydrogens (tertiary/aromatic N) is 1. The minimum Gasteiger partial charge on any atom is -0.402 e. The van der Waals surface area contributed by atoms with Crippen LogP contribution in [0.2, 0.25) is 0 Å². The molecule has 0 saturated heterocycles. The minimum absolute atomic E-state index is 0.0203. The van der Waals surface area contributed by atoms with Gasteiger partial charge in [-0.25, -0.2) is 0 Å². The van der Waals surface area contributed by atoms with Crippen LogP contribution in [0.5, 0.6) is 0 Å². The summed E-state index contributed by atoms with van der Waals surface area (Å²) in [6, 6.07) is 0. The molecule has 4 heteroatoms. The highest BCUT2D eigenvalue weighted by Gasteiger charge is 2.17. The number of hydrogen-bond donors (Lipinski definition) is 2. The van der Waals surface area contributed by atoms with Crippen molar-refractivity contribution in [1.29, 1.82) is 0 Å². The standard InChI is InChI=1S/C8H12IN3/c1-5(10)7-6(9)3-4-12-8(7)11-2/h3-4,8,11H,10H2,1-2H3. The van der Waals surface area contributed by atoms with Crippen molar-refractivity contribution >= 4 is 28.8 Å². The van der Waals surface area contributed by atoms with Crippen molar-refractivity contribution in [3.05, 3.63) is 20.9 Å². The summed E-state index contributed by atoms with van der Waals surface area (Å²) in [5.41, 5.74) is 7.65. The van der Waals surface area contributed by atoms with Crippen LogP contribution in [0.1, 0.15) is 6.92 Å². The summed E-state index contributed by atoms with van der Waals surface area (Å²) in [5.74, 6) is 0. The van der Waals surface area contributed by atoms with E-state index in [4.69, 9.17) is 5.73 Å². The van der Waals surface area contributed by atoms with Crippen LogP contribution >= 0.6 is 22.6 Å². The number of halogens is 1. The first-order valence-corrected chi connectivity index (χ1v) is 4.77. The van der Waals surface area contributed by atoms with E-state index in [2.05, 4.69) is 32.9 Å². The summed E-state index contributed by atoms with van der Waals surface area (Å²) in [7, 11) is 1.88. The van der Waals surface area contributed by atoms with Gasteiger partial charge in [0.05, 0.1) is 0 Å². The molecule has 1 rings (SSSR count). The molecule has 0 aliphatic carbocycles. The molecule has 0 aromatic carbocycles. The van der Waals surface area contributed by atoms with Gasteiger partial charge in [-0.15, -0.1) is 0 Å². The summed E-state index contributed by atoms with van der Waals surface area (Å²) >= 11 is 2.26. The SMILES string of the molecule is CNC1N=CC=C(I)C1=C(C)N. The second-order valence-corrected chi connectivity index (χ2v) is 3.76. The minimum atomic E-state index is 0.0203. The predicted octanol–water partition coefficient (Wildman–Crippen LogP) is 1.17. The number of nitrogens with two attached hydrogens (primary N) is 1. The summed E-state index contributed by atoms with van der Waals surface area (Å²) in [6.45, 7) is 1.90. The Morgan fingerprint density at radius 3 is 2.83 bits per heavy atom. The normalized spacial score (nSPS) is 26.9. The van der Waals surface area contributed by atoms with Crippen molar-refractivity contribution in [3.8, 4) is 0 Å². The van der Waals surface area contributed by atoms with Gasteiger partial charge in [-0.2, -0.15) is 0 Å². The molecule has 0 aromatic rings. The van der Waals surface area contributed by atoms with Crippen LogP contribution in [0.3, 0.4) is 0 Å².